The van der Waals surface area contributed by atoms with E-state index in [1.807, 2.05) is 20.8 Å². The SMILES string of the molecule is CC(C)(C)OC(=O)C=C1C[C@H]2C3C(C[C@@H]12)C3(F)F. The molecule has 0 bridgehead atoms. The van der Waals surface area contributed by atoms with Gasteiger partial charge in [-0.1, -0.05) is 5.57 Å². The van der Waals surface area contributed by atoms with Gasteiger partial charge in [-0.25, -0.2) is 13.6 Å². The number of halogens is 2. The highest BCUT2D eigenvalue weighted by Crippen LogP contribution is 2.74. The van der Waals surface area contributed by atoms with Gasteiger partial charge in [-0.05, 0) is 45.4 Å². The lowest BCUT2D eigenvalue weighted by molar-refractivity contribution is -0.148. The number of rotatable bonds is 1. The highest BCUT2D eigenvalue weighted by Gasteiger charge is 2.77. The van der Waals surface area contributed by atoms with Gasteiger partial charge in [-0.15, -0.1) is 0 Å². The summed E-state index contributed by atoms with van der Waals surface area (Å²) in [5, 5.41) is 0. The number of esters is 1. The molecule has 0 aromatic rings. The van der Waals surface area contributed by atoms with E-state index < -0.39 is 23.4 Å². The fourth-order valence-corrected chi connectivity index (χ4v) is 3.61. The van der Waals surface area contributed by atoms with E-state index in [4.69, 9.17) is 4.74 Å². The molecule has 0 N–H and O–H groups in total. The quantitative estimate of drug-likeness (QED) is 0.532. The minimum atomic E-state index is -2.42. The second kappa shape index (κ2) is 3.34. The van der Waals surface area contributed by atoms with Crippen LogP contribution in [0.4, 0.5) is 8.78 Å². The molecule has 18 heavy (non-hydrogen) atoms. The summed E-state index contributed by atoms with van der Waals surface area (Å²) in [4.78, 5) is 11.6. The van der Waals surface area contributed by atoms with E-state index in [2.05, 4.69) is 0 Å². The monoisotopic (exact) mass is 256 g/mol. The van der Waals surface area contributed by atoms with Gasteiger partial charge in [0.2, 0.25) is 0 Å². The fraction of sp³-hybridized carbons (Fsp3) is 0.786. The molecule has 4 atom stereocenters. The van der Waals surface area contributed by atoms with Gasteiger partial charge in [0.15, 0.2) is 0 Å². The molecule has 3 rings (SSSR count). The lowest BCUT2D eigenvalue weighted by Gasteiger charge is -2.37. The lowest BCUT2D eigenvalue weighted by Crippen LogP contribution is -2.32. The molecule has 3 saturated carbocycles. The number of allylic oxidation sites excluding steroid dienone is 1. The normalized spacial score (nSPS) is 41.9. The molecule has 3 fully saturated rings. The Morgan fingerprint density at radius 1 is 1.44 bits per heavy atom. The van der Waals surface area contributed by atoms with Crippen LogP contribution in [0.1, 0.15) is 33.6 Å². The topological polar surface area (TPSA) is 26.3 Å². The molecule has 0 spiro atoms. The standard InChI is InChI=1S/C14H18F2O2/c1-13(2,3)18-11(17)5-7-4-9-8(7)6-10-12(9)14(10,15)16/h5,8-10,12H,4,6H2,1-3H3/t8-,9+,10?,12?/m0/s1. The Morgan fingerprint density at radius 2 is 2.11 bits per heavy atom. The van der Waals surface area contributed by atoms with E-state index in [0.717, 1.165) is 5.57 Å². The summed E-state index contributed by atoms with van der Waals surface area (Å²) in [6.07, 6.45) is 2.73. The van der Waals surface area contributed by atoms with Crippen molar-refractivity contribution < 1.29 is 18.3 Å². The summed E-state index contributed by atoms with van der Waals surface area (Å²) in [6, 6.07) is 0. The summed E-state index contributed by atoms with van der Waals surface area (Å²) in [7, 11) is 0. The van der Waals surface area contributed by atoms with E-state index >= 15 is 0 Å². The Bertz CT molecular complexity index is 434. The van der Waals surface area contributed by atoms with Crippen molar-refractivity contribution in [1.82, 2.24) is 0 Å². The third-order valence-corrected chi connectivity index (χ3v) is 4.41. The summed E-state index contributed by atoms with van der Waals surface area (Å²) >= 11 is 0. The van der Waals surface area contributed by atoms with Crippen molar-refractivity contribution in [3.05, 3.63) is 11.6 Å². The average Bonchev–Trinajstić information content (AvgIpc) is 2.52. The van der Waals surface area contributed by atoms with Crippen molar-refractivity contribution in [3.63, 3.8) is 0 Å². The fourth-order valence-electron chi connectivity index (χ4n) is 3.61. The predicted octanol–water partition coefficient (Wildman–Crippen LogP) is 3.18. The largest absolute Gasteiger partial charge is 0.457 e. The van der Waals surface area contributed by atoms with Gasteiger partial charge >= 0.3 is 5.97 Å². The molecule has 0 amide bonds. The number of carbonyl (C=O) groups is 1. The molecule has 100 valence electrons. The van der Waals surface area contributed by atoms with Crippen molar-refractivity contribution in [2.75, 3.05) is 0 Å². The second-order valence-corrected chi connectivity index (χ2v) is 6.77. The van der Waals surface area contributed by atoms with Crippen LogP contribution in [0.25, 0.3) is 0 Å². The molecule has 4 heteroatoms. The molecule has 3 aliphatic rings. The Balaban J connectivity index is 1.61. The zero-order valence-corrected chi connectivity index (χ0v) is 10.9. The van der Waals surface area contributed by atoms with Crippen molar-refractivity contribution in [2.45, 2.75) is 45.1 Å². The molecule has 0 aromatic heterocycles. The Labute approximate surface area is 105 Å². The zero-order chi connectivity index (χ0) is 13.3. The Hall–Kier alpha value is -0.930. The summed E-state index contributed by atoms with van der Waals surface area (Å²) in [5.41, 5.74) is 0.513. The molecule has 0 radical (unpaired) electrons. The van der Waals surface area contributed by atoms with Crippen LogP contribution in [-0.2, 0) is 9.53 Å². The van der Waals surface area contributed by atoms with Gasteiger partial charge in [0.05, 0.1) is 0 Å². The van der Waals surface area contributed by atoms with Crippen LogP contribution in [0.5, 0.6) is 0 Å². The van der Waals surface area contributed by atoms with Crippen LogP contribution >= 0.6 is 0 Å². The van der Waals surface area contributed by atoms with Crippen molar-refractivity contribution >= 4 is 5.97 Å². The molecule has 0 heterocycles. The third-order valence-electron chi connectivity index (χ3n) is 4.41. The van der Waals surface area contributed by atoms with Crippen LogP contribution in [-0.4, -0.2) is 17.5 Å². The molecule has 3 aliphatic carbocycles. The van der Waals surface area contributed by atoms with Gasteiger partial charge in [-0.2, -0.15) is 0 Å². The first kappa shape index (κ1) is 12.1. The van der Waals surface area contributed by atoms with Crippen molar-refractivity contribution in [1.29, 1.82) is 0 Å². The maximum absolute atomic E-state index is 13.2. The van der Waals surface area contributed by atoms with E-state index in [0.29, 0.717) is 12.8 Å². The smallest absolute Gasteiger partial charge is 0.331 e. The molecule has 2 nitrogen and oxygen atoms in total. The molecular weight excluding hydrogens is 238 g/mol. The van der Waals surface area contributed by atoms with Gasteiger partial charge < -0.3 is 4.74 Å². The van der Waals surface area contributed by atoms with Crippen LogP contribution < -0.4 is 0 Å². The minimum absolute atomic E-state index is 0.110. The van der Waals surface area contributed by atoms with Crippen LogP contribution in [0, 0.1) is 23.7 Å². The maximum atomic E-state index is 13.2. The third kappa shape index (κ3) is 1.69. The molecular formula is C14H18F2O2. The Morgan fingerprint density at radius 3 is 2.67 bits per heavy atom. The Kier molecular flexibility index (Phi) is 2.25. The van der Waals surface area contributed by atoms with Gasteiger partial charge in [0.25, 0.3) is 5.92 Å². The maximum Gasteiger partial charge on any atom is 0.331 e. The number of hydrogen-bond acceptors (Lipinski definition) is 2. The first-order valence-electron chi connectivity index (χ1n) is 6.51. The first-order valence-corrected chi connectivity index (χ1v) is 6.51. The number of fused-ring (bicyclic) bond motifs is 3. The number of ether oxygens (including phenoxy) is 1. The first-order chi connectivity index (χ1) is 8.20. The molecule has 0 aliphatic heterocycles. The molecule has 0 saturated heterocycles. The summed E-state index contributed by atoms with van der Waals surface area (Å²) in [6.45, 7) is 5.45. The van der Waals surface area contributed by atoms with E-state index in [1.165, 1.54) is 6.08 Å². The highest BCUT2D eigenvalue weighted by atomic mass is 19.3. The molecule has 0 aromatic carbocycles. The number of carbonyl (C=O) groups excluding carboxylic acids is 1. The van der Waals surface area contributed by atoms with Gasteiger partial charge in [0.1, 0.15) is 5.60 Å². The van der Waals surface area contributed by atoms with E-state index in [1.54, 1.807) is 0 Å². The van der Waals surface area contributed by atoms with Crippen LogP contribution in [0.15, 0.2) is 11.6 Å². The van der Waals surface area contributed by atoms with Crippen LogP contribution in [0.2, 0.25) is 0 Å². The lowest BCUT2D eigenvalue weighted by atomic mass is 9.68. The van der Waals surface area contributed by atoms with Crippen LogP contribution in [0.3, 0.4) is 0 Å². The minimum Gasteiger partial charge on any atom is -0.457 e. The second-order valence-electron chi connectivity index (χ2n) is 6.77. The van der Waals surface area contributed by atoms with Gasteiger partial charge in [0, 0.05) is 17.9 Å². The van der Waals surface area contributed by atoms with Crippen molar-refractivity contribution in [2.24, 2.45) is 23.7 Å². The zero-order valence-electron chi connectivity index (χ0n) is 10.9. The average molecular weight is 256 g/mol. The summed E-state index contributed by atoms with van der Waals surface area (Å²) < 4.78 is 31.6. The highest BCUT2D eigenvalue weighted by molar-refractivity contribution is 5.83. The number of hydrogen-bond donors (Lipinski definition) is 0. The summed E-state index contributed by atoms with van der Waals surface area (Å²) in [5.74, 6) is -3.26. The van der Waals surface area contributed by atoms with E-state index in [-0.39, 0.29) is 17.8 Å². The predicted molar refractivity (Wildman–Crippen MR) is 62.1 cm³/mol. The van der Waals surface area contributed by atoms with Gasteiger partial charge in [-0.3, -0.25) is 0 Å². The van der Waals surface area contributed by atoms with Crippen molar-refractivity contribution in [3.8, 4) is 0 Å². The number of alkyl halides is 2. The van der Waals surface area contributed by atoms with E-state index in [9.17, 15) is 13.6 Å². The molecule has 2 unspecified atom stereocenters.